The van der Waals surface area contributed by atoms with Crippen LogP contribution in [0.4, 0.5) is 0 Å². The molecule has 0 aromatic carbocycles. The Labute approximate surface area is 101 Å². The minimum Gasteiger partial charge on any atom is -0.448 e. The van der Waals surface area contributed by atoms with E-state index in [4.69, 9.17) is 4.74 Å². The molecule has 0 aromatic rings. The van der Waals surface area contributed by atoms with Crippen LogP contribution in [0.15, 0.2) is 17.3 Å². The molecule has 0 N–H and O–H groups in total. The second-order valence-electron chi connectivity index (χ2n) is 5.01. The molecule has 2 nitrogen and oxygen atoms in total. The number of hydrogen-bond donors (Lipinski definition) is 0. The van der Waals surface area contributed by atoms with Crippen LogP contribution < -0.4 is 0 Å². The maximum absolute atomic E-state index is 5.64. The number of rotatable bonds is 3. The minimum atomic E-state index is 0.227. The van der Waals surface area contributed by atoms with E-state index in [1.807, 2.05) is 0 Å². The molecule has 2 heteroatoms. The lowest BCUT2D eigenvalue weighted by Crippen LogP contribution is -2.15. The second kappa shape index (κ2) is 6.72. The topological polar surface area (TPSA) is 21.6 Å². The molecule has 1 rings (SSSR count). The maximum Gasteiger partial charge on any atom is 0.191 e. The summed E-state index contributed by atoms with van der Waals surface area (Å²) in [4.78, 5) is 4.10. The van der Waals surface area contributed by atoms with Crippen molar-refractivity contribution in [3.05, 3.63) is 12.3 Å². The first kappa shape index (κ1) is 15.2. The van der Waals surface area contributed by atoms with E-state index in [9.17, 15) is 0 Å². The SMILES string of the molecule is C=C(OC(=NC)C(C)C)C1(C)CC1.CCC. The van der Waals surface area contributed by atoms with Gasteiger partial charge < -0.3 is 4.74 Å². The van der Waals surface area contributed by atoms with Gasteiger partial charge in [-0.05, 0) is 12.8 Å². The number of allylic oxidation sites excluding steroid dienone is 1. The van der Waals surface area contributed by atoms with E-state index >= 15 is 0 Å². The molecule has 16 heavy (non-hydrogen) atoms. The zero-order valence-electron chi connectivity index (χ0n) is 11.8. The first-order valence-electron chi connectivity index (χ1n) is 6.25. The normalized spacial score (nSPS) is 17.6. The van der Waals surface area contributed by atoms with Gasteiger partial charge in [-0.3, -0.25) is 4.99 Å². The molecule has 0 unspecified atom stereocenters. The van der Waals surface area contributed by atoms with Crippen molar-refractivity contribution in [3.63, 3.8) is 0 Å². The van der Waals surface area contributed by atoms with Gasteiger partial charge in [0.1, 0.15) is 5.76 Å². The summed E-state index contributed by atoms with van der Waals surface area (Å²) in [6, 6.07) is 0. The van der Waals surface area contributed by atoms with Gasteiger partial charge in [0.25, 0.3) is 0 Å². The van der Waals surface area contributed by atoms with E-state index in [1.54, 1.807) is 7.05 Å². The molecule has 94 valence electrons. The van der Waals surface area contributed by atoms with Gasteiger partial charge in [-0.15, -0.1) is 0 Å². The van der Waals surface area contributed by atoms with Crippen LogP contribution >= 0.6 is 0 Å². The van der Waals surface area contributed by atoms with Crippen molar-refractivity contribution >= 4 is 5.90 Å². The van der Waals surface area contributed by atoms with Gasteiger partial charge in [-0.2, -0.15) is 0 Å². The molecule has 0 saturated heterocycles. The Hall–Kier alpha value is -0.790. The zero-order valence-corrected chi connectivity index (χ0v) is 11.8. The first-order chi connectivity index (χ1) is 7.41. The summed E-state index contributed by atoms with van der Waals surface area (Å²) >= 11 is 0. The average molecular weight is 225 g/mol. The predicted molar refractivity (Wildman–Crippen MR) is 71.7 cm³/mol. The van der Waals surface area contributed by atoms with Crippen LogP contribution in [0.1, 0.15) is 53.9 Å². The largest absolute Gasteiger partial charge is 0.448 e. The van der Waals surface area contributed by atoms with E-state index in [1.165, 1.54) is 19.3 Å². The van der Waals surface area contributed by atoms with E-state index in [2.05, 4.69) is 46.2 Å². The standard InChI is InChI=1S/C11H19NO.C3H8/c1-8(2)10(12-5)13-9(3)11(4)6-7-11;1-3-2/h8H,3,6-7H2,1-2,4-5H3;3H2,1-2H3. The summed E-state index contributed by atoms with van der Waals surface area (Å²) in [6.07, 6.45) is 3.64. The molecule has 0 amide bonds. The highest BCUT2D eigenvalue weighted by Crippen LogP contribution is 2.51. The van der Waals surface area contributed by atoms with Gasteiger partial charge >= 0.3 is 0 Å². The summed E-state index contributed by atoms with van der Waals surface area (Å²) in [6.45, 7) is 14.5. The third-order valence-electron chi connectivity index (χ3n) is 2.62. The van der Waals surface area contributed by atoms with Crippen molar-refractivity contribution in [1.82, 2.24) is 0 Å². The van der Waals surface area contributed by atoms with Crippen LogP contribution in [-0.2, 0) is 4.74 Å². The maximum atomic E-state index is 5.64. The molecule has 1 aliphatic rings. The Bertz CT molecular complexity index is 249. The zero-order chi connectivity index (χ0) is 12.8. The summed E-state index contributed by atoms with van der Waals surface area (Å²) < 4.78 is 5.64. The summed E-state index contributed by atoms with van der Waals surface area (Å²) in [5.41, 5.74) is 0.227. The third kappa shape index (κ3) is 4.82. The van der Waals surface area contributed by atoms with Gasteiger partial charge in [0, 0.05) is 18.4 Å². The molecule has 1 aliphatic carbocycles. The van der Waals surface area contributed by atoms with Crippen LogP contribution in [0.5, 0.6) is 0 Å². The summed E-state index contributed by atoms with van der Waals surface area (Å²) in [7, 11) is 1.76. The summed E-state index contributed by atoms with van der Waals surface area (Å²) in [5.74, 6) is 2.00. The van der Waals surface area contributed by atoms with Crippen molar-refractivity contribution in [3.8, 4) is 0 Å². The van der Waals surface area contributed by atoms with Crippen molar-refractivity contribution < 1.29 is 4.74 Å². The van der Waals surface area contributed by atoms with Gasteiger partial charge in [0.2, 0.25) is 0 Å². The molecule has 0 radical (unpaired) electrons. The van der Waals surface area contributed by atoms with Crippen LogP contribution in [-0.4, -0.2) is 12.9 Å². The molecule has 1 saturated carbocycles. The van der Waals surface area contributed by atoms with Gasteiger partial charge in [-0.25, -0.2) is 0 Å². The van der Waals surface area contributed by atoms with Crippen LogP contribution in [0, 0.1) is 11.3 Å². The molecule has 0 aromatic heterocycles. The predicted octanol–water partition coefficient (Wildman–Crippen LogP) is 4.42. The van der Waals surface area contributed by atoms with Crippen molar-refractivity contribution in [2.45, 2.75) is 53.9 Å². The van der Waals surface area contributed by atoms with Gasteiger partial charge in [0.15, 0.2) is 5.90 Å². The Morgan fingerprint density at radius 1 is 1.38 bits per heavy atom. The third-order valence-corrected chi connectivity index (χ3v) is 2.62. The number of aliphatic imine (C=N–C) groups is 1. The van der Waals surface area contributed by atoms with Crippen molar-refractivity contribution in [1.29, 1.82) is 0 Å². The van der Waals surface area contributed by atoms with E-state index < -0.39 is 0 Å². The van der Waals surface area contributed by atoms with E-state index in [-0.39, 0.29) is 5.41 Å². The fourth-order valence-corrected chi connectivity index (χ4v) is 1.14. The lowest BCUT2D eigenvalue weighted by molar-refractivity contribution is 0.320. The molecule has 0 atom stereocenters. The average Bonchev–Trinajstić information content (AvgIpc) is 2.94. The molecule has 0 aliphatic heterocycles. The van der Waals surface area contributed by atoms with Gasteiger partial charge in [0.05, 0.1) is 0 Å². The van der Waals surface area contributed by atoms with Crippen LogP contribution in [0.25, 0.3) is 0 Å². The van der Waals surface area contributed by atoms with Crippen LogP contribution in [0.2, 0.25) is 0 Å². The number of nitrogens with zero attached hydrogens (tertiary/aromatic N) is 1. The van der Waals surface area contributed by atoms with Crippen molar-refractivity contribution in [2.75, 3.05) is 7.05 Å². The lowest BCUT2D eigenvalue weighted by atomic mass is 10.1. The molecule has 0 heterocycles. The van der Waals surface area contributed by atoms with E-state index in [0.717, 1.165) is 11.7 Å². The second-order valence-corrected chi connectivity index (χ2v) is 5.01. The highest BCUT2D eigenvalue weighted by Gasteiger charge is 2.42. The Balaban J connectivity index is 0.000000673. The Morgan fingerprint density at radius 2 is 1.81 bits per heavy atom. The smallest absolute Gasteiger partial charge is 0.191 e. The van der Waals surface area contributed by atoms with E-state index in [0.29, 0.717) is 5.92 Å². The number of hydrogen-bond acceptors (Lipinski definition) is 2. The van der Waals surface area contributed by atoms with Gasteiger partial charge in [-0.1, -0.05) is 47.6 Å². The minimum absolute atomic E-state index is 0.227. The highest BCUT2D eigenvalue weighted by atomic mass is 16.5. The molecular formula is C14H27NO. The quantitative estimate of drug-likeness (QED) is 0.396. The fourth-order valence-electron chi connectivity index (χ4n) is 1.14. The van der Waals surface area contributed by atoms with Crippen LogP contribution in [0.3, 0.4) is 0 Å². The first-order valence-corrected chi connectivity index (χ1v) is 6.25. The summed E-state index contributed by atoms with van der Waals surface area (Å²) in [5, 5.41) is 0. The molecule has 0 bridgehead atoms. The Kier molecular flexibility index (Phi) is 6.39. The van der Waals surface area contributed by atoms with Crippen molar-refractivity contribution in [2.24, 2.45) is 16.3 Å². The molecule has 0 spiro atoms. The molecular weight excluding hydrogens is 198 g/mol. The lowest BCUT2D eigenvalue weighted by Gasteiger charge is -2.17. The number of ether oxygens (including phenoxy) is 1. The fraction of sp³-hybridized carbons (Fsp3) is 0.786. The highest BCUT2D eigenvalue weighted by molar-refractivity contribution is 5.79. The monoisotopic (exact) mass is 225 g/mol. The molecule has 1 fully saturated rings. The Morgan fingerprint density at radius 3 is 2.06 bits per heavy atom.